The average Bonchev–Trinajstić information content (AvgIpc) is 2.40. The fraction of sp³-hybridized carbons (Fsp3) is 0.0833. The molecule has 0 unspecified atom stereocenters. The molecule has 0 fully saturated rings. The largest absolute Gasteiger partial charge is 0.451 e. The zero-order valence-electron chi connectivity index (χ0n) is 9.58. The molecule has 0 amide bonds. The van der Waals surface area contributed by atoms with E-state index in [2.05, 4.69) is 9.97 Å². The number of halogens is 5. The van der Waals surface area contributed by atoms with E-state index in [1.807, 2.05) is 0 Å². The standard InChI is InChI=1S/C12H5F5N2O/c13-8-2-1-6(3-9(8)14)10-7(5-20)4-18-11(19-10)12(15,16)17/h1-5H. The first-order valence-electron chi connectivity index (χ1n) is 5.18. The smallest absolute Gasteiger partial charge is 0.298 e. The fourth-order valence-electron chi connectivity index (χ4n) is 1.49. The van der Waals surface area contributed by atoms with Crippen molar-refractivity contribution in [2.75, 3.05) is 0 Å². The van der Waals surface area contributed by atoms with Crippen molar-refractivity contribution < 1.29 is 26.7 Å². The Morgan fingerprint density at radius 1 is 1.10 bits per heavy atom. The number of benzene rings is 1. The maximum Gasteiger partial charge on any atom is 0.451 e. The number of carbonyl (C=O) groups excluding carboxylic acids is 1. The molecule has 1 aromatic carbocycles. The molecule has 1 aromatic heterocycles. The van der Waals surface area contributed by atoms with Crippen molar-refractivity contribution in [1.29, 1.82) is 0 Å². The number of hydrogen-bond donors (Lipinski definition) is 0. The number of aldehydes is 1. The summed E-state index contributed by atoms with van der Waals surface area (Å²) in [5, 5.41) is 0. The maximum absolute atomic E-state index is 13.1. The maximum atomic E-state index is 13.1. The molecule has 0 aliphatic carbocycles. The van der Waals surface area contributed by atoms with Gasteiger partial charge in [-0.15, -0.1) is 0 Å². The Hall–Kier alpha value is -2.38. The van der Waals surface area contributed by atoms with Gasteiger partial charge in [0.05, 0.1) is 11.3 Å². The van der Waals surface area contributed by atoms with E-state index in [0.717, 1.165) is 12.1 Å². The second-order valence-corrected chi connectivity index (χ2v) is 3.74. The lowest BCUT2D eigenvalue weighted by Gasteiger charge is -2.09. The van der Waals surface area contributed by atoms with Crippen LogP contribution in [0.1, 0.15) is 16.2 Å². The van der Waals surface area contributed by atoms with Crippen molar-refractivity contribution >= 4 is 6.29 Å². The minimum absolute atomic E-state index is 0.154. The van der Waals surface area contributed by atoms with E-state index in [1.54, 1.807) is 0 Å². The van der Waals surface area contributed by atoms with Crippen molar-refractivity contribution in [3.05, 3.63) is 47.4 Å². The first-order chi connectivity index (χ1) is 9.32. The van der Waals surface area contributed by atoms with Gasteiger partial charge in [0.25, 0.3) is 0 Å². The molecule has 0 radical (unpaired) electrons. The van der Waals surface area contributed by atoms with Crippen LogP contribution in [0.4, 0.5) is 22.0 Å². The minimum atomic E-state index is -4.81. The van der Waals surface area contributed by atoms with Crippen LogP contribution in [0.5, 0.6) is 0 Å². The van der Waals surface area contributed by atoms with Crippen molar-refractivity contribution in [2.45, 2.75) is 6.18 Å². The van der Waals surface area contributed by atoms with Crippen LogP contribution in [0.25, 0.3) is 11.3 Å². The van der Waals surface area contributed by atoms with Gasteiger partial charge in [-0.05, 0) is 18.2 Å². The summed E-state index contributed by atoms with van der Waals surface area (Å²) in [6.45, 7) is 0. The molecule has 0 atom stereocenters. The third-order valence-electron chi connectivity index (χ3n) is 2.39. The molecule has 0 aliphatic rings. The van der Waals surface area contributed by atoms with Crippen LogP contribution in [-0.2, 0) is 6.18 Å². The molecule has 0 spiro atoms. The van der Waals surface area contributed by atoms with Crippen molar-refractivity contribution in [3.8, 4) is 11.3 Å². The van der Waals surface area contributed by atoms with Crippen molar-refractivity contribution in [3.63, 3.8) is 0 Å². The number of aromatic nitrogens is 2. The van der Waals surface area contributed by atoms with Gasteiger partial charge in [-0.2, -0.15) is 13.2 Å². The van der Waals surface area contributed by atoms with Crippen LogP contribution in [0, 0.1) is 11.6 Å². The highest BCUT2D eigenvalue weighted by Gasteiger charge is 2.35. The van der Waals surface area contributed by atoms with Crippen LogP contribution < -0.4 is 0 Å². The summed E-state index contributed by atoms with van der Waals surface area (Å²) >= 11 is 0. The average molecular weight is 288 g/mol. The Balaban J connectivity index is 2.64. The second-order valence-electron chi connectivity index (χ2n) is 3.74. The van der Waals surface area contributed by atoms with Gasteiger partial charge in [-0.3, -0.25) is 4.79 Å². The highest BCUT2D eigenvalue weighted by atomic mass is 19.4. The van der Waals surface area contributed by atoms with Gasteiger partial charge in [-0.25, -0.2) is 18.7 Å². The topological polar surface area (TPSA) is 42.9 Å². The van der Waals surface area contributed by atoms with Crippen LogP contribution >= 0.6 is 0 Å². The Bertz CT molecular complexity index is 669. The van der Waals surface area contributed by atoms with E-state index >= 15 is 0 Å². The molecular formula is C12H5F5N2O. The summed E-state index contributed by atoms with van der Waals surface area (Å²) < 4.78 is 63.5. The molecule has 3 nitrogen and oxygen atoms in total. The van der Waals surface area contributed by atoms with Gasteiger partial charge in [0.1, 0.15) is 0 Å². The van der Waals surface area contributed by atoms with E-state index in [1.165, 1.54) is 0 Å². The molecule has 2 rings (SSSR count). The van der Waals surface area contributed by atoms with Crippen LogP contribution in [0.2, 0.25) is 0 Å². The second kappa shape index (κ2) is 4.95. The summed E-state index contributed by atoms with van der Waals surface area (Å²) in [5.74, 6) is -3.89. The normalized spacial score (nSPS) is 11.4. The molecule has 0 saturated carbocycles. The molecule has 0 bridgehead atoms. The first kappa shape index (κ1) is 14.0. The molecule has 0 saturated heterocycles. The lowest BCUT2D eigenvalue weighted by molar-refractivity contribution is -0.144. The lowest BCUT2D eigenvalue weighted by atomic mass is 10.1. The number of rotatable bonds is 2. The predicted octanol–water partition coefficient (Wildman–Crippen LogP) is 3.25. The van der Waals surface area contributed by atoms with E-state index in [0.29, 0.717) is 12.3 Å². The first-order valence-corrected chi connectivity index (χ1v) is 5.18. The number of nitrogens with zero attached hydrogens (tertiary/aromatic N) is 2. The summed E-state index contributed by atoms with van der Waals surface area (Å²) in [7, 11) is 0. The van der Waals surface area contributed by atoms with Crippen LogP contribution in [0.15, 0.2) is 24.4 Å². The van der Waals surface area contributed by atoms with Crippen LogP contribution in [0.3, 0.4) is 0 Å². The monoisotopic (exact) mass is 288 g/mol. The number of hydrogen-bond acceptors (Lipinski definition) is 3. The highest BCUT2D eigenvalue weighted by Crippen LogP contribution is 2.29. The Morgan fingerprint density at radius 3 is 2.35 bits per heavy atom. The Kier molecular flexibility index (Phi) is 3.47. The summed E-state index contributed by atoms with van der Waals surface area (Å²) in [6, 6.07) is 2.41. The molecule has 8 heteroatoms. The third-order valence-corrected chi connectivity index (χ3v) is 2.39. The molecule has 104 valence electrons. The lowest BCUT2D eigenvalue weighted by Crippen LogP contribution is -2.12. The Morgan fingerprint density at radius 2 is 1.80 bits per heavy atom. The quantitative estimate of drug-likeness (QED) is 0.629. The zero-order valence-corrected chi connectivity index (χ0v) is 9.58. The third kappa shape index (κ3) is 2.63. The van der Waals surface area contributed by atoms with Gasteiger partial charge in [-0.1, -0.05) is 0 Å². The van der Waals surface area contributed by atoms with E-state index in [4.69, 9.17) is 0 Å². The molecule has 20 heavy (non-hydrogen) atoms. The number of carbonyl (C=O) groups is 1. The molecule has 0 aliphatic heterocycles. The van der Waals surface area contributed by atoms with E-state index in [-0.39, 0.29) is 17.4 Å². The molecular weight excluding hydrogens is 283 g/mol. The minimum Gasteiger partial charge on any atom is -0.298 e. The zero-order chi connectivity index (χ0) is 14.9. The van der Waals surface area contributed by atoms with Gasteiger partial charge in [0.2, 0.25) is 5.82 Å². The summed E-state index contributed by atoms with van der Waals surface area (Å²) in [6.07, 6.45) is -3.90. The van der Waals surface area contributed by atoms with Gasteiger partial charge in [0.15, 0.2) is 17.9 Å². The van der Waals surface area contributed by atoms with E-state index < -0.39 is 29.3 Å². The van der Waals surface area contributed by atoms with Gasteiger partial charge in [0, 0.05) is 11.8 Å². The van der Waals surface area contributed by atoms with Crippen molar-refractivity contribution in [2.24, 2.45) is 0 Å². The highest BCUT2D eigenvalue weighted by molar-refractivity contribution is 5.85. The SMILES string of the molecule is O=Cc1cnc(C(F)(F)F)nc1-c1ccc(F)c(F)c1. The predicted molar refractivity (Wildman–Crippen MR) is 57.8 cm³/mol. The van der Waals surface area contributed by atoms with Gasteiger partial charge >= 0.3 is 6.18 Å². The molecule has 1 heterocycles. The molecule has 2 aromatic rings. The summed E-state index contributed by atoms with van der Waals surface area (Å²) in [5.41, 5.74) is -0.830. The molecule has 0 N–H and O–H groups in total. The fourth-order valence-corrected chi connectivity index (χ4v) is 1.49. The van der Waals surface area contributed by atoms with Crippen LogP contribution in [-0.4, -0.2) is 16.3 Å². The number of alkyl halides is 3. The Labute approximate surface area is 109 Å². The van der Waals surface area contributed by atoms with Gasteiger partial charge < -0.3 is 0 Å². The summed E-state index contributed by atoms with van der Waals surface area (Å²) in [4.78, 5) is 17.0. The van der Waals surface area contributed by atoms with Crippen molar-refractivity contribution in [1.82, 2.24) is 9.97 Å². The van der Waals surface area contributed by atoms with E-state index in [9.17, 15) is 26.7 Å².